The Balaban J connectivity index is 0.00000176. The molecule has 0 radical (unpaired) electrons. The van der Waals surface area contributed by atoms with Crippen molar-refractivity contribution < 1.29 is 9.32 Å². The lowest BCUT2D eigenvalue weighted by molar-refractivity contribution is 0.102. The van der Waals surface area contributed by atoms with Crippen molar-refractivity contribution in [3.05, 3.63) is 66.0 Å². The number of carbonyl (C=O) groups excluding carboxylic acids is 1. The number of carbonyl (C=O) groups is 1. The molecule has 1 amide bonds. The van der Waals surface area contributed by atoms with Gasteiger partial charge in [-0.05, 0) is 37.4 Å². The summed E-state index contributed by atoms with van der Waals surface area (Å²) in [5, 5.41) is 2.85. The number of rotatable bonds is 8. The lowest BCUT2D eigenvalue weighted by atomic mass is 10.1. The summed E-state index contributed by atoms with van der Waals surface area (Å²) in [6.45, 7) is 8.15. The summed E-state index contributed by atoms with van der Waals surface area (Å²) in [5.74, 6) is -0.286. The average molecular weight is 471 g/mol. The number of benzene rings is 2. The molecule has 170 valence electrons. The maximum Gasteiger partial charge on any atom is 0.278 e. The molecule has 0 aliphatic rings. The van der Waals surface area contributed by atoms with Crippen molar-refractivity contribution in [2.45, 2.75) is 32.6 Å². The summed E-state index contributed by atoms with van der Waals surface area (Å²) in [5.41, 5.74) is 10.3. The fourth-order valence-electron chi connectivity index (χ4n) is 2.67. The van der Waals surface area contributed by atoms with Crippen LogP contribution in [0.15, 0.2) is 59.6 Å². The van der Waals surface area contributed by atoms with Crippen molar-refractivity contribution in [1.29, 1.82) is 0 Å². The van der Waals surface area contributed by atoms with E-state index in [1.54, 1.807) is 25.1 Å². The van der Waals surface area contributed by atoms with Crippen LogP contribution in [0.1, 0.15) is 36.8 Å². The fourth-order valence-corrected chi connectivity index (χ4v) is 5.58. The van der Waals surface area contributed by atoms with Gasteiger partial charge in [0.05, 0.1) is 11.9 Å². The summed E-state index contributed by atoms with van der Waals surface area (Å²) >= 11 is 1.75. The third kappa shape index (κ3) is 7.30. The second-order valence-electron chi connectivity index (χ2n) is 6.59. The zero-order chi connectivity index (χ0) is 23.5. The molecule has 1 heterocycles. The van der Waals surface area contributed by atoms with E-state index in [0.29, 0.717) is 11.4 Å². The molecule has 0 fully saturated rings. The molecule has 3 aromatic rings. The first-order valence-corrected chi connectivity index (χ1v) is 13.1. The van der Waals surface area contributed by atoms with Gasteiger partial charge < -0.3 is 15.6 Å². The Bertz CT molecular complexity index is 994. The van der Waals surface area contributed by atoms with Crippen molar-refractivity contribution >= 4 is 37.3 Å². The monoisotopic (exact) mass is 470 g/mol. The smallest absolute Gasteiger partial charge is 0.278 e. The number of nitrogens with zero attached hydrogens (tertiary/aromatic N) is 2. The van der Waals surface area contributed by atoms with Crippen LogP contribution >= 0.6 is 19.9 Å². The predicted molar refractivity (Wildman–Crippen MR) is 138 cm³/mol. The highest BCUT2D eigenvalue weighted by atomic mass is 32.2. The van der Waals surface area contributed by atoms with E-state index in [0.717, 1.165) is 27.7 Å². The van der Waals surface area contributed by atoms with Crippen LogP contribution in [0.3, 0.4) is 0 Å². The predicted octanol–water partition coefficient (Wildman–Crippen LogP) is 6.43. The average Bonchev–Trinajstić information content (AvgIpc) is 2.83. The lowest BCUT2D eigenvalue weighted by Crippen LogP contribution is -2.17. The molecule has 0 aliphatic carbocycles. The van der Waals surface area contributed by atoms with Gasteiger partial charge in [-0.2, -0.15) is 0 Å². The van der Waals surface area contributed by atoms with Crippen LogP contribution in [0.2, 0.25) is 0 Å². The third-order valence-corrected chi connectivity index (χ3v) is 7.96. The number of amides is 1. The van der Waals surface area contributed by atoms with Crippen LogP contribution in [0.4, 0.5) is 11.5 Å². The van der Waals surface area contributed by atoms with E-state index in [1.807, 2.05) is 69.3 Å². The van der Waals surface area contributed by atoms with Gasteiger partial charge in [0.15, 0.2) is 11.5 Å². The molecule has 0 bridgehead atoms. The minimum atomic E-state index is -0.396. The van der Waals surface area contributed by atoms with E-state index < -0.39 is 8.15 Å². The topological polar surface area (TPSA) is 90.1 Å². The number of anilines is 2. The van der Waals surface area contributed by atoms with Gasteiger partial charge in [-0.25, -0.2) is 9.97 Å². The second kappa shape index (κ2) is 13.2. The molecular weight excluding hydrogens is 439 g/mol. The number of hydrogen-bond acceptors (Lipinski definition) is 6. The van der Waals surface area contributed by atoms with Crippen molar-refractivity contribution in [2.75, 3.05) is 29.8 Å². The third-order valence-electron chi connectivity index (χ3n) is 4.46. The summed E-state index contributed by atoms with van der Waals surface area (Å²) < 4.78 is 5.47. The van der Waals surface area contributed by atoms with E-state index in [9.17, 15) is 4.79 Å². The molecule has 0 spiro atoms. The normalized spacial score (nSPS) is 11.3. The largest absolute Gasteiger partial charge is 0.382 e. The van der Waals surface area contributed by atoms with Crippen molar-refractivity contribution in [3.63, 3.8) is 0 Å². The first-order valence-electron chi connectivity index (χ1n) is 10.5. The Morgan fingerprint density at radius 1 is 1.12 bits per heavy atom. The fraction of sp³-hybridized carbons (Fsp3) is 0.292. The SMILES string of the molecule is CC.CCP(CSc1ccc(NC(=O)c2nc(-c3ccc(C)cc3)cnc2N)cc1)OC. The highest BCUT2D eigenvalue weighted by Crippen LogP contribution is 2.41. The molecule has 1 unspecified atom stereocenters. The molecule has 2 aromatic carbocycles. The van der Waals surface area contributed by atoms with Gasteiger partial charge in [0.1, 0.15) is 0 Å². The molecule has 3 N–H and O–H groups in total. The Labute approximate surface area is 196 Å². The lowest BCUT2D eigenvalue weighted by Gasteiger charge is -2.12. The van der Waals surface area contributed by atoms with Gasteiger partial charge in [0.25, 0.3) is 5.91 Å². The van der Waals surface area contributed by atoms with Gasteiger partial charge in [-0.1, -0.05) is 50.6 Å². The molecule has 8 heteroatoms. The molecule has 6 nitrogen and oxygen atoms in total. The van der Waals surface area contributed by atoms with Gasteiger partial charge >= 0.3 is 0 Å². The number of nitrogen functional groups attached to an aromatic ring is 1. The minimum absolute atomic E-state index is 0.100. The maximum atomic E-state index is 12.7. The van der Waals surface area contributed by atoms with Gasteiger partial charge in [0, 0.05) is 36.9 Å². The number of nitrogens with two attached hydrogens (primary N) is 1. The van der Waals surface area contributed by atoms with E-state index in [2.05, 4.69) is 22.2 Å². The summed E-state index contributed by atoms with van der Waals surface area (Å²) in [4.78, 5) is 22.5. The molecule has 3 rings (SSSR count). The molecule has 32 heavy (non-hydrogen) atoms. The molecule has 0 aliphatic heterocycles. The Kier molecular flexibility index (Phi) is 10.6. The highest BCUT2D eigenvalue weighted by molar-refractivity contribution is 8.04. The standard InChI is InChI=1S/C22H25N4O2PS.C2H6/c1-4-29(28-3)14-30-18-11-9-17(10-12-18)25-22(27)20-21(23)24-13-19(26-20)16-7-5-15(2)6-8-16;1-2/h5-13H,4,14H2,1-3H3,(H2,23,24)(H,25,27);1-2H3. The first kappa shape index (κ1) is 25.8. The molecule has 0 saturated carbocycles. The molecule has 0 saturated heterocycles. The number of aromatic nitrogens is 2. The summed E-state index contributed by atoms with van der Waals surface area (Å²) in [6.07, 6.45) is 2.62. The minimum Gasteiger partial charge on any atom is -0.382 e. The Morgan fingerprint density at radius 2 is 1.78 bits per heavy atom. The van der Waals surface area contributed by atoms with Gasteiger partial charge in [-0.3, -0.25) is 4.79 Å². The second-order valence-corrected chi connectivity index (χ2v) is 10.3. The van der Waals surface area contributed by atoms with Crippen molar-refractivity contribution in [1.82, 2.24) is 9.97 Å². The van der Waals surface area contributed by atoms with Crippen LogP contribution < -0.4 is 11.1 Å². The number of nitrogens with one attached hydrogen (secondary N) is 1. The zero-order valence-electron chi connectivity index (χ0n) is 19.3. The zero-order valence-corrected chi connectivity index (χ0v) is 21.0. The first-order chi connectivity index (χ1) is 15.5. The molecule has 1 atom stereocenters. The van der Waals surface area contributed by atoms with Gasteiger partial charge in [-0.15, -0.1) is 11.8 Å². The molecule has 1 aromatic heterocycles. The maximum absolute atomic E-state index is 12.7. The van der Waals surface area contributed by atoms with E-state index in [-0.39, 0.29) is 17.4 Å². The van der Waals surface area contributed by atoms with Crippen LogP contribution in [-0.2, 0) is 4.52 Å². The molecular formula is C24H31N4O2PS. The van der Waals surface area contributed by atoms with Crippen LogP contribution in [0.5, 0.6) is 0 Å². The van der Waals surface area contributed by atoms with Crippen molar-refractivity contribution in [3.8, 4) is 11.3 Å². The summed E-state index contributed by atoms with van der Waals surface area (Å²) in [6, 6.07) is 15.6. The van der Waals surface area contributed by atoms with E-state index in [1.165, 1.54) is 0 Å². The quantitative estimate of drug-likeness (QED) is 0.291. The van der Waals surface area contributed by atoms with E-state index in [4.69, 9.17) is 10.3 Å². The van der Waals surface area contributed by atoms with E-state index >= 15 is 0 Å². The number of thioether (sulfide) groups is 1. The Hall–Kier alpha value is -2.47. The van der Waals surface area contributed by atoms with Crippen LogP contribution in [-0.4, -0.2) is 34.6 Å². The van der Waals surface area contributed by atoms with Crippen LogP contribution in [0, 0.1) is 6.92 Å². The van der Waals surface area contributed by atoms with Gasteiger partial charge in [0.2, 0.25) is 0 Å². The number of aryl methyl sites for hydroxylation is 1. The highest BCUT2D eigenvalue weighted by Gasteiger charge is 2.15. The van der Waals surface area contributed by atoms with Crippen molar-refractivity contribution in [2.24, 2.45) is 0 Å². The number of hydrogen-bond donors (Lipinski definition) is 2. The summed E-state index contributed by atoms with van der Waals surface area (Å²) in [7, 11) is 1.37. The van der Waals surface area contributed by atoms with Crippen LogP contribution in [0.25, 0.3) is 11.3 Å². The Morgan fingerprint density at radius 3 is 2.38 bits per heavy atom.